The van der Waals surface area contributed by atoms with E-state index >= 15 is 4.39 Å². The molecule has 0 radical (unpaired) electrons. The molecule has 5 aliphatic carbocycles. The first-order valence-electron chi connectivity index (χ1n) is 19.4. The molecular weight excluding hydrogens is 636 g/mol. The number of nitrogens with one attached hydrogen (secondary N) is 1. The van der Waals surface area contributed by atoms with Crippen molar-refractivity contribution in [1.29, 1.82) is 0 Å². The Kier molecular flexibility index (Phi) is 9.04. The van der Waals surface area contributed by atoms with E-state index in [0.29, 0.717) is 47.3 Å². The SMILES string of the molecule is COC(=O)c1ccc(C2=CC[C@@]3(C)C(CC[C@]4(C)C3CC[C@@H]3C5CCC[C@]5(NCCCN5CCS(=O)(=O)CC5)CC[C@]34C)C2(C)C)cc1F. The van der Waals surface area contributed by atoms with E-state index in [9.17, 15) is 13.2 Å². The number of ether oxygens (including phenoxy) is 1. The largest absolute Gasteiger partial charge is 0.465 e. The maximum absolute atomic E-state index is 15.1. The van der Waals surface area contributed by atoms with Crippen LogP contribution in [0.2, 0.25) is 0 Å². The van der Waals surface area contributed by atoms with E-state index in [2.05, 4.69) is 50.9 Å². The normalized spacial score (nSPS) is 41.1. The summed E-state index contributed by atoms with van der Waals surface area (Å²) < 4.78 is 43.7. The molecule has 0 bridgehead atoms. The number of benzene rings is 1. The van der Waals surface area contributed by atoms with Crippen LogP contribution in [0.3, 0.4) is 0 Å². The number of hydrogen-bond acceptors (Lipinski definition) is 6. The van der Waals surface area contributed by atoms with Gasteiger partial charge in [-0.3, -0.25) is 0 Å². The van der Waals surface area contributed by atoms with Gasteiger partial charge in [0, 0.05) is 18.6 Å². The van der Waals surface area contributed by atoms with Crippen LogP contribution in [0.1, 0.15) is 121 Å². The smallest absolute Gasteiger partial charge is 0.340 e. The molecule has 5 fully saturated rings. The molecule has 6 aliphatic rings. The first-order chi connectivity index (χ1) is 23.1. The summed E-state index contributed by atoms with van der Waals surface area (Å²) in [4.78, 5) is 14.4. The lowest BCUT2D eigenvalue weighted by Crippen LogP contribution is -2.67. The molecule has 6 nitrogen and oxygen atoms in total. The Balaban J connectivity index is 1.08. The quantitative estimate of drug-likeness (QED) is 0.231. The lowest BCUT2D eigenvalue weighted by Gasteiger charge is -2.72. The van der Waals surface area contributed by atoms with Gasteiger partial charge in [-0.2, -0.15) is 0 Å². The van der Waals surface area contributed by atoms with Gasteiger partial charge in [-0.1, -0.05) is 53.2 Å². The first kappa shape index (κ1) is 35.6. The zero-order valence-electron chi connectivity index (χ0n) is 31.0. The third-order valence-electron chi connectivity index (χ3n) is 16.2. The van der Waals surface area contributed by atoms with Crippen LogP contribution in [0.15, 0.2) is 24.3 Å². The minimum atomic E-state index is -2.83. The third kappa shape index (κ3) is 5.59. The van der Waals surface area contributed by atoms with Gasteiger partial charge in [-0.05, 0) is 146 Å². The summed E-state index contributed by atoms with van der Waals surface area (Å²) in [7, 11) is -1.54. The Hall–Kier alpha value is -1.77. The summed E-state index contributed by atoms with van der Waals surface area (Å²) in [6.45, 7) is 16.1. The van der Waals surface area contributed by atoms with Gasteiger partial charge in [0.15, 0.2) is 9.84 Å². The second-order valence-corrected chi connectivity index (χ2v) is 20.6. The molecule has 0 spiro atoms. The number of halogens is 1. The van der Waals surface area contributed by atoms with Crippen molar-refractivity contribution in [3.8, 4) is 0 Å². The van der Waals surface area contributed by atoms with E-state index < -0.39 is 21.6 Å². The van der Waals surface area contributed by atoms with Gasteiger partial charge >= 0.3 is 5.97 Å². The minimum Gasteiger partial charge on any atom is -0.465 e. The number of nitrogens with zero attached hydrogens (tertiary/aromatic N) is 1. The molecule has 1 aromatic carbocycles. The molecule has 1 saturated heterocycles. The average Bonchev–Trinajstić information content (AvgIpc) is 3.47. The van der Waals surface area contributed by atoms with E-state index in [1.807, 2.05) is 6.07 Å². The van der Waals surface area contributed by atoms with Crippen molar-refractivity contribution < 1.29 is 22.3 Å². The van der Waals surface area contributed by atoms with Gasteiger partial charge in [-0.25, -0.2) is 17.6 Å². The molecule has 0 amide bonds. The molecule has 49 heavy (non-hydrogen) atoms. The molecule has 7 rings (SSSR count). The number of fused-ring (bicyclic) bond motifs is 7. The van der Waals surface area contributed by atoms with Crippen LogP contribution < -0.4 is 5.32 Å². The lowest BCUT2D eigenvalue weighted by atomic mass is 9.33. The predicted octanol–water partition coefficient (Wildman–Crippen LogP) is 7.92. The van der Waals surface area contributed by atoms with E-state index in [4.69, 9.17) is 4.74 Å². The molecule has 8 atom stereocenters. The standard InChI is InChI=1S/C41H61FN2O4S/c1-37(2)30(28-10-11-29(33(42)27-28)36(45)48-6)14-17-38(3)34(37)15-18-40(5)35(38)13-12-31-32-9-7-16-41(32,20-19-39(31,40)4)43-21-8-22-44-23-25-49(46,47)26-24-44/h10-11,14,27,31-32,34-35,43H,7-9,12-13,15-26H2,1-6H3/t31-,32?,34?,35?,38+,39-,40-,41+/m1/s1. The van der Waals surface area contributed by atoms with Crippen LogP contribution in [0, 0.1) is 51.1 Å². The molecule has 8 heteroatoms. The zero-order valence-corrected chi connectivity index (χ0v) is 31.8. The number of carbonyl (C=O) groups is 1. The Morgan fingerprint density at radius 2 is 1.69 bits per heavy atom. The number of methoxy groups -OCH3 is 1. The van der Waals surface area contributed by atoms with E-state index in [-0.39, 0.29) is 21.9 Å². The fraction of sp³-hybridized carbons (Fsp3) is 0.780. The van der Waals surface area contributed by atoms with Gasteiger partial charge in [-0.15, -0.1) is 0 Å². The number of allylic oxidation sites excluding steroid dienone is 2. The van der Waals surface area contributed by atoms with Gasteiger partial charge in [0.25, 0.3) is 0 Å². The number of hydrogen-bond donors (Lipinski definition) is 1. The number of sulfone groups is 1. The van der Waals surface area contributed by atoms with Crippen LogP contribution in [-0.4, -0.2) is 69.6 Å². The lowest BCUT2D eigenvalue weighted by molar-refractivity contribution is -0.217. The van der Waals surface area contributed by atoms with Gasteiger partial charge in [0.2, 0.25) is 0 Å². The van der Waals surface area contributed by atoms with Crippen molar-refractivity contribution in [2.24, 2.45) is 45.3 Å². The summed E-state index contributed by atoms with van der Waals surface area (Å²) >= 11 is 0. The second kappa shape index (κ2) is 12.4. The Bertz CT molecular complexity index is 1590. The van der Waals surface area contributed by atoms with E-state index in [1.54, 1.807) is 12.1 Å². The molecule has 1 heterocycles. The third-order valence-corrected chi connectivity index (χ3v) is 17.8. The van der Waals surface area contributed by atoms with Crippen molar-refractivity contribution >= 4 is 21.4 Å². The zero-order chi connectivity index (χ0) is 35.0. The molecule has 1 N–H and O–H groups in total. The maximum Gasteiger partial charge on any atom is 0.340 e. The predicted molar refractivity (Wildman–Crippen MR) is 194 cm³/mol. The minimum absolute atomic E-state index is 0.00493. The number of carbonyl (C=O) groups excluding carboxylic acids is 1. The summed E-state index contributed by atoms with van der Waals surface area (Å²) in [5.74, 6) is 2.15. The molecule has 1 aromatic rings. The topological polar surface area (TPSA) is 75.7 Å². The van der Waals surface area contributed by atoms with E-state index in [1.165, 1.54) is 70.5 Å². The summed E-state index contributed by atoms with van der Waals surface area (Å²) in [5, 5.41) is 4.18. The van der Waals surface area contributed by atoms with Crippen molar-refractivity contribution in [2.75, 3.05) is 44.8 Å². The highest BCUT2D eigenvalue weighted by Crippen LogP contribution is 2.76. The van der Waals surface area contributed by atoms with Gasteiger partial charge in [0.05, 0.1) is 24.2 Å². The van der Waals surface area contributed by atoms with Gasteiger partial charge in [0.1, 0.15) is 5.82 Å². The van der Waals surface area contributed by atoms with Crippen LogP contribution in [-0.2, 0) is 14.6 Å². The molecule has 3 unspecified atom stereocenters. The first-order valence-corrected chi connectivity index (χ1v) is 21.2. The van der Waals surface area contributed by atoms with Crippen LogP contribution >= 0.6 is 0 Å². The molecule has 0 aromatic heterocycles. The molecule has 1 aliphatic heterocycles. The summed E-state index contributed by atoms with van der Waals surface area (Å²) in [6.07, 6.45) is 16.2. The molecular formula is C41H61FN2O4S. The van der Waals surface area contributed by atoms with Crippen LogP contribution in [0.5, 0.6) is 0 Å². The molecule has 272 valence electrons. The molecule has 4 saturated carbocycles. The van der Waals surface area contributed by atoms with Crippen molar-refractivity contribution in [2.45, 2.75) is 111 Å². The van der Waals surface area contributed by atoms with Crippen LogP contribution in [0.25, 0.3) is 5.57 Å². The fourth-order valence-corrected chi connectivity index (χ4v) is 14.8. The van der Waals surface area contributed by atoms with Crippen molar-refractivity contribution in [3.63, 3.8) is 0 Å². The maximum atomic E-state index is 15.1. The highest BCUT2D eigenvalue weighted by molar-refractivity contribution is 7.91. The van der Waals surface area contributed by atoms with Gasteiger partial charge < -0.3 is 15.0 Å². The van der Waals surface area contributed by atoms with Crippen LogP contribution in [0.4, 0.5) is 4.39 Å². The Labute approximate surface area is 295 Å². The summed E-state index contributed by atoms with van der Waals surface area (Å²) in [6, 6.07) is 5.05. The highest BCUT2D eigenvalue weighted by atomic mass is 32.2. The Morgan fingerprint density at radius 1 is 0.939 bits per heavy atom. The van der Waals surface area contributed by atoms with E-state index in [0.717, 1.165) is 43.3 Å². The average molecular weight is 697 g/mol. The van der Waals surface area contributed by atoms with Crippen molar-refractivity contribution in [1.82, 2.24) is 10.2 Å². The number of rotatable bonds is 7. The monoisotopic (exact) mass is 696 g/mol. The fourth-order valence-electron chi connectivity index (χ4n) is 13.5. The summed E-state index contributed by atoms with van der Waals surface area (Å²) in [5.41, 5.74) is 3.07. The highest BCUT2D eigenvalue weighted by Gasteiger charge is 2.69. The number of esters is 1. The van der Waals surface area contributed by atoms with Crippen molar-refractivity contribution in [3.05, 3.63) is 41.2 Å². The Morgan fingerprint density at radius 3 is 2.41 bits per heavy atom. The second-order valence-electron chi connectivity index (χ2n) is 18.3.